The lowest BCUT2D eigenvalue weighted by atomic mass is 10.2. The molecule has 0 atom stereocenters. The first-order chi connectivity index (χ1) is 9.65. The summed E-state index contributed by atoms with van der Waals surface area (Å²) in [6, 6.07) is 8.38. The lowest BCUT2D eigenvalue weighted by molar-refractivity contribution is -0.127. The van der Waals surface area contributed by atoms with Crippen LogP contribution in [0.2, 0.25) is 0 Å². The Balaban J connectivity index is 1.74. The number of imidazole rings is 1. The fourth-order valence-electron chi connectivity index (χ4n) is 1.87. The van der Waals surface area contributed by atoms with Crippen LogP contribution in [0.5, 0.6) is 0 Å². The molecule has 0 radical (unpaired) electrons. The topological polar surface area (TPSA) is 49.0 Å². The minimum atomic E-state index is 0.124. The molecule has 2 aromatic rings. The Kier molecular flexibility index (Phi) is 5.24. The second kappa shape index (κ2) is 7.14. The van der Waals surface area contributed by atoms with Gasteiger partial charge in [-0.25, -0.2) is 4.98 Å². The molecule has 0 aliphatic heterocycles. The predicted octanol–water partition coefficient (Wildman–Crippen LogP) is 2.61. The van der Waals surface area contributed by atoms with Crippen molar-refractivity contribution in [3.8, 4) is 0 Å². The average molecular weight is 289 g/mol. The molecule has 4 nitrogen and oxygen atoms in total. The highest BCUT2D eigenvalue weighted by Gasteiger charge is 2.10. The molecule has 20 heavy (non-hydrogen) atoms. The van der Waals surface area contributed by atoms with E-state index in [4.69, 9.17) is 0 Å². The maximum atomic E-state index is 12.0. The van der Waals surface area contributed by atoms with Gasteiger partial charge in [0.05, 0.1) is 12.3 Å². The maximum Gasteiger partial charge on any atom is 0.232 e. The average Bonchev–Trinajstić information content (AvgIpc) is 2.91. The van der Waals surface area contributed by atoms with E-state index in [1.165, 1.54) is 11.1 Å². The van der Waals surface area contributed by atoms with E-state index in [0.29, 0.717) is 12.3 Å². The molecule has 2 rings (SSSR count). The minimum absolute atomic E-state index is 0.124. The SMILES string of the molecule is Cc1cccc(CSCC(=O)N(C)Cc2ncc[nH]2)c1. The molecular weight excluding hydrogens is 270 g/mol. The molecule has 106 valence electrons. The summed E-state index contributed by atoms with van der Waals surface area (Å²) in [6.07, 6.45) is 3.46. The highest BCUT2D eigenvalue weighted by molar-refractivity contribution is 7.99. The molecule has 0 saturated heterocycles. The molecule has 1 aromatic carbocycles. The number of benzene rings is 1. The van der Waals surface area contributed by atoms with Crippen LogP contribution in [0.3, 0.4) is 0 Å². The van der Waals surface area contributed by atoms with Crippen LogP contribution >= 0.6 is 11.8 Å². The fraction of sp³-hybridized carbons (Fsp3) is 0.333. The predicted molar refractivity (Wildman–Crippen MR) is 82.4 cm³/mol. The van der Waals surface area contributed by atoms with Crippen molar-refractivity contribution in [3.63, 3.8) is 0 Å². The van der Waals surface area contributed by atoms with E-state index < -0.39 is 0 Å². The zero-order chi connectivity index (χ0) is 14.4. The standard InChI is InChI=1S/C15H19N3OS/c1-12-4-3-5-13(8-12)10-20-11-15(19)18(2)9-14-16-6-7-17-14/h3-8H,9-11H2,1-2H3,(H,16,17). The van der Waals surface area contributed by atoms with Crippen LogP contribution in [0.1, 0.15) is 17.0 Å². The van der Waals surface area contributed by atoms with E-state index in [9.17, 15) is 4.79 Å². The van der Waals surface area contributed by atoms with E-state index in [-0.39, 0.29) is 5.91 Å². The Labute approximate surface area is 123 Å². The largest absolute Gasteiger partial charge is 0.347 e. The van der Waals surface area contributed by atoms with Gasteiger partial charge in [-0.2, -0.15) is 0 Å². The summed E-state index contributed by atoms with van der Waals surface area (Å²) >= 11 is 1.64. The maximum absolute atomic E-state index is 12.0. The van der Waals surface area contributed by atoms with Crippen molar-refractivity contribution in [1.29, 1.82) is 0 Å². The molecule has 1 N–H and O–H groups in total. The van der Waals surface area contributed by atoms with Gasteiger partial charge in [0.15, 0.2) is 0 Å². The second-order valence-electron chi connectivity index (χ2n) is 4.77. The summed E-state index contributed by atoms with van der Waals surface area (Å²) in [5.74, 6) is 2.29. The van der Waals surface area contributed by atoms with E-state index in [1.807, 2.05) is 0 Å². The number of H-pyrrole nitrogens is 1. The normalized spacial score (nSPS) is 10.5. The van der Waals surface area contributed by atoms with Gasteiger partial charge in [0.1, 0.15) is 5.82 Å². The lowest BCUT2D eigenvalue weighted by Gasteiger charge is -2.15. The number of hydrogen-bond donors (Lipinski definition) is 1. The first-order valence-corrected chi connectivity index (χ1v) is 7.66. The van der Waals surface area contributed by atoms with Gasteiger partial charge >= 0.3 is 0 Å². The van der Waals surface area contributed by atoms with Gasteiger partial charge < -0.3 is 9.88 Å². The molecule has 1 aromatic heterocycles. The summed E-state index contributed by atoms with van der Waals surface area (Å²) in [6.45, 7) is 2.60. The van der Waals surface area contributed by atoms with Crippen LogP contribution in [0.25, 0.3) is 0 Å². The van der Waals surface area contributed by atoms with Crippen molar-refractivity contribution in [2.24, 2.45) is 0 Å². The summed E-state index contributed by atoms with van der Waals surface area (Å²) in [5, 5.41) is 0. The van der Waals surface area contributed by atoms with Crippen LogP contribution in [0.15, 0.2) is 36.7 Å². The summed E-state index contributed by atoms with van der Waals surface area (Å²) < 4.78 is 0. The Morgan fingerprint density at radius 1 is 1.45 bits per heavy atom. The molecule has 0 bridgehead atoms. The molecule has 0 aliphatic carbocycles. The lowest BCUT2D eigenvalue weighted by Crippen LogP contribution is -2.28. The first kappa shape index (κ1) is 14.7. The van der Waals surface area contributed by atoms with Gasteiger partial charge in [0.25, 0.3) is 0 Å². The van der Waals surface area contributed by atoms with Gasteiger partial charge in [0.2, 0.25) is 5.91 Å². The van der Waals surface area contributed by atoms with Gasteiger partial charge in [-0.05, 0) is 12.5 Å². The van der Waals surface area contributed by atoms with E-state index in [1.54, 1.807) is 36.1 Å². The van der Waals surface area contributed by atoms with Crippen LogP contribution in [-0.4, -0.2) is 33.6 Å². The fourth-order valence-corrected chi connectivity index (χ4v) is 2.78. The molecule has 0 fully saturated rings. The van der Waals surface area contributed by atoms with Crippen molar-refractivity contribution in [3.05, 3.63) is 53.6 Å². The van der Waals surface area contributed by atoms with Crippen LogP contribution in [0, 0.1) is 6.92 Å². The van der Waals surface area contributed by atoms with Crippen molar-refractivity contribution >= 4 is 17.7 Å². The number of nitrogens with zero attached hydrogens (tertiary/aromatic N) is 2. The van der Waals surface area contributed by atoms with Crippen molar-refractivity contribution in [1.82, 2.24) is 14.9 Å². The number of aromatic nitrogens is 2. The number of aryl methyl sites for hydroxylation is 1. The third kappa shape index (κ3) is 4.42. The van der Waals surface area contributed by atoms with E-state index >= 15 is 0 Å². The Bertz CT molecular complexity index is 554. The molecule has 1 heterocycles. The summed E-state index contributed by atoms with van der Waals surface area (Å²) in [7, 11) is 1.80. The Morgan fingerprint density at radius 3 is 3.00 bits per heavy atom. The van der Waals surface area contributed by atoms with Crippen molar-refractivity contribution in [2.75, 3.05) is 12.8 Å². The van der Waals surface area contributed by atoms with Crippen LogP contribution in [-0.2, 0) is 17.1 Å². The highest BCUT2D eigenvalue weighted by atomic mass is 32.2. The monoisotopic (exact) mass is 289 g/mol. The van der Waals surface area contributed by atoms with Gasteiger partial charge in [-0.1, -0.05) is 29.8 Å². The van der Waals surface area contributed by atoms with Crippen molar-refractivity contribution < 1.29 is 4.79 Å². The number of carbonyl (C=O) groups is 1. The zero-order valence-corrected chi connectivity index (χ0v) is 12.6. The third-order valence-electron chi connectivity index (χ3n) is 2.94. The number of thioether (sulfide) groups is 1. The van der Waals surface area contributed by atoms with Crippen LogP contribution in [0.4, 0.5) is 0 Å². The molecule has 5 heteroatoms. The number of hydrogen-bond acceptors (Lipinski definition) is 3. The van der Waals surface area contributed by atoms with Crippen LogP contribution < -0.4 is 0 Å². The third-order valence-corrected chi connectivity index (χ3v) is 3.93. The quantitative estimate of drug-likeness (QED) is 0.889. The van der Waals surface area contributed by atoms with Crippen molar-refractivity contribution in [2.45, 2.75) is 19.2 Å². The number of rotatable bonds is 6. The molecule has 0 saturated carbocycles. The van der Waals surface area contributed by atoms with Gasteiger partial charge in [-0.15, -0.1) is 11.8 Å². The molecular formula is C15H19N3OS. The Morgan fingerprint density at radius 2 is 2.30 bits per heavy atom. The van der Waals surface area contributed by atoms with Gasteiger partial charge in [0, 0.05) is 25.2 Å². The summed E-state index contributed by atoms with van der Waals surface area (Å²) in [5.41, 5.74) is 2.51. The molecule has 0 unspecified atom stereocenters. The second-order valence-corrected chi connectivity index (χ2v) is 5.75. The number of aromatic amines is 1. The number of nitrogens with one attached hydrogen (secondary N) is 1. The molecule has 0 aliphatic rings. The number of amides is 1. The summed E-state index contributed by atoms with van der Waals surface area (Å²) in [4.78, 5) is 20.8. The minimum Gasteiger partial charge on any atom is -0.347 e. The first-order valence-electron chi connectivity index (χ1n) is 6.50. The Hall–Kier alpha value is -1.75. The zero-order valence-electron chi connectivity index (χ0n) is 11.8. The van der Waals surface area contributed by atoms with E-state index in [2.05, 4.69) is 41.2 Å². The molecule has 0 spiro atoms. The number of carbonyl (C=O) groups excluding carboxylic acids is 1. The molecule has 1 amide bonds. The highest BCUT2D eigenvalue weighted by Crippen LogP contribution is 2.14. The smallest absolute Gasteiger partial charge is 0.232 e. The van der Waals surface area contributed by atoms with E-state index in [0.717, 1.165) is 11.6 Å². The van der Waals surface area contributed by atoms with Gasteiger partial charge in [-0.3, -0.25) is 4.79 Å².